The smallest absolute Gasteiger partial charge is 0.407 e. The van der Waals surface area contributed by atoms with Crippen LogP contribution in [0.1, 0.15) is 45.2 Å². The van der Waals surface area contributed by atoms with Gasteiger partial charge in [-0.25, -0.2) is 0 Å². The van der Waals surface area contributed by atoms with Crippen LogP contribution < -0.4 is 20.9 Å². The number of nitrogens with zero attached hydrogens (tertiary/aromatic N) is 1. The molecule has 1 heterocycles. The second kappa shape index (κ2) is 13.7. The van der Waals surface area contributed by atoms with Crippen molar-refractivity contribution in [1.29, 1.82) is 0 Å². The van der Waals surface area contributed by atoms with Crippen LogP contribution in [-0.2, 0) is 9.53 Å². The summed E-state index contributed by atoms with van der Waals surface area (Å²) < 4.78 is 47.3. The molecule has 38 heavy (non-hydrogen) atoms. The highest BCUT2D eigenvalue weighted by Crippen LogP contribution is 2.34. The Hall–Kier alpha value is -2.98. The van der Waals surface area contributed by atoms with E-state index in [4.69, 9.17) is 4.74 Å². The van der Waals surface area contributed by atoms with Gasteiger partial charge in [-0.1, -0.05) is 32.9 Å². The number of ether oxygens (including phenoxy) is 1. The van der Waals surface area contributed by atoms with Gasteiger partial charge < -0.3 is 25.4 Å². The maximum atomic E-state index is 14.0. The van der Waals surface area contributed by atoms with Gasteiger partial charge in [0.25, 0.3) is 0 Å². The Morgan fingerprint density at radius 2 is 1.68 bits per heavy atom. The van der Waals surface area contributed by atoms with E-state index in [0.717, 1.165) is 24.5 Å². The zero-order chi connectivity index (χ0) is 27.7. The van der Waals surface area contributed by atoms with Gasteiger partial charge in [0.15, 0.2) is 0 Å². The molecule has 10 heteroatoms. The van der Waals surface area contributed by atoms with E-state index in [0.29, 0.717) is 26.2 Å². The highest BCUT2D eigenvalue weighted by atomic mass is 19.4. The number of hydrogen-bond acceptors (Lipinski definition) is 6. The minimum atomic E-state index is -4.62. The normalized spacial score (nSPS) is 16.7. The van der Waals surface area contributed by atoms with Gasteiger partial charge in [-0.3, -0.25) is 10.1 Å². The highest BCUT2D eigenvalue weighted by molar-refractivity contribution is 5.82. The molecule has 3 rings (SSSR count). The molecular formula is C28H39F3N4O3. The number of benzene rings is 2. The number of anilines is 2. The molecule has 1 fully saturated rings. The summed E-state index contributed by atoms with van der Waals surface area (Å²) in [4.78, 5) is 15.5. The zero-order valence-corrected chi connectivity index (χ0v) is 22.2. The monoisotopic (exact) mass is 536 g/mol. The minimum Gasteiger partial charge on any atom is -0.508 e. The van der Waals surface area contributed by atoms with E-state index in [9.17, 15) is 23.1 Å². The van der Waals surface area contributed by atoms with Crippen molar-refractivity contribution < 1.29 is 27.8 Å². The molecular weight excluding hydrogens is 497 g/mol. The SMILES string of the molecule is CC[C@@H](CNc1ccc(N2CCOCC2)cc1)NC(=O)[C@H](CC(C)C)N[C@@H](c1ccc(O)cc1)C(F)(F)F. The Morgan fingerprint density at radius 3 is 2.24 bits per heavy atom. The molecule has 0 aliphatic carbocycles. The van der Waals surface area contributed by atoms with Gasteiger partial charge in [-0.15, -0.1) is 0 Å². The van der Waals surface area contributed by atoms with Crippen molar-refractivity contribution in [1.82, 2.24) is 10.6 Å². The van der Waals surface area contributed by atoms with Crippen LogP contribution in [0.4, 0.5) is 24.5 Å². The number of carbonyl (C=O) groups is 1. The van der Waals surface area contributed by atoms with Crippen molar-refractivity contribution in [2.24, 2.45) is 5.92 Å². The third-order valence-electron chi connectivity index (χ3n) is 6.58. The number of halogens is 3. The lowest BCUT2D eigenvalue weighted by Crippen LogP contribution is -2.52. The number of alkyl halides is 3. The molecule has 4 N–H and O–H groups in total. The van der Waals surface area contributed by atoms with Gasteiger partial charge in [0.1, 0.15) is 11.8 Å². The van der Waals surface area contributed by atoms with E-state index >= 15 is 0 Å². The third-order valence-corrected chi connectivity index (χ3v) is 6.58. The van der Waals surface area contributed by atoms with Gasteiger partial charge in [0.2, 0.25) is 5.91 Å². The number of phenolic OH excluding ortho intramolecular Hbond substituents is 1. The Bertz CT molecular complexity index is 994. The largest absolute Gasteiger partial charge is 0.508 e. The molecule has 1 aliphatic rings. The van der Waals surface area contributed by atoms with Crippen LogP contribution in [0.2, 0.25) is 0 Å². The quantitative estimate of drug-likeness (QED) is 0.311. The summed E-state index contributed by atoms with van der Waals surface area (Å²) in [5, 5.41) is 18.3. The van der Waals surface area contributed by atoms with E-state index in [1.165, 1.54) is 24.3 Å². The van der Waals surface area contributed by atoms with Crippen molar-refractivity contribution >= 4 is 17.3 Å². The van der Waals surface area contributed by atoms with Crippen LogP contribution >= 0.6 is 0 Å². The summed E-state index contributed by atoms with van der Waals surface area (Å²) in [7, 11) is 0. The van der Waals surface area contributed by atoms with E-state index in [1.807, 2.05) is 45.0 Å². The fraction of sp³-hybridized carbons (Fsp3) is 0.536. The van der Waals surface area contributed by atoms with Crippen molar-refractivity contribution in [3.05, 3.63) is 54.1 Å². The summed E-state index contributed by atoms with van der Waals surface area (Å²) in [6.07, 6.45) is -3.77. The van der Waals surface area contributed by atoms with Crippen LogP contribution in [0.15, 0.2) is 48.5 Å². The van der Waals surface area contributed by atoms with E-state index in [2.05, 4.69) is 20.9 Å². The number of amides is 1. The molecule has 1 aliphatic heterocycles. The van der Waals surface area contributed by atoms with Crippen molar-refractivity contribution in [3.63, 3.8) is 0 Å². The molecule has 0 radical (unpaired) electrons. The van der Waals surface area contributed by atoms with Crippen LogP contribution in [-0.4, -0.2) is 62.1 Å². The first-order chi connectivity index (χ1) is 18.1. The van der Waals surface area contributed by atoms with Gasteiger partial charge in [-0.05, 0) is 60.7 Å². The van der Waals surface area contributed by atoms with Crippen LogP contribution in [0, 0.1) is 5.92 Å². The van der Waals surface area contributed by atoms with Crippen LogP contribution in [0.5, 0.6) is 5.75 Å². The standard InChI is InChI=1S/C28H39F3N4O3/c1-4-21(18-32-22-7-9-23(10-8-22)35-13-15-38-16-14-35)33-27(37)25(17-19(2)3)34-26(28(29,30)31)20-5-11-24(36)12-6-20/h5-12,19,21,25-26,32,34,36H,4,13-18H2,1-3H3,(H,33,37)/t21-,25-,26-/m0/s1. The molecule has 1 amide bonds. The Balaban J connectivity index is 1.63. The number of morpholine rings is 1. The first kappa shape index (κ1) is 29.6. The summed E-state index contributed by atoms with van der Waals surface area (Å²) in [5.74, 6) is -0.599. The van der Waals surface area contributed by atoms with Gasteiger partial charge in [-0.2, -0.15) is 13.2 Å². The number of aromatic hydroxyl groups is 1. The molecule has 0 saturated carbocycles. The van der Waals surface area contributed by atoms with Crippen LogP contribution in [0.25, 0.3) is 0 Å². The summed E-state index contributed by atoms with van der Waals surface area (Å²) >= 11 is 0. The molecule has 2 aromatic rings. The third kappa shape index (κ3) is 8.80. The van der Waals surface area contributed by atoms with E-state index in [-0.39, 0.29) is 29.7 Å². The lowest BCUT2D eigenvalue weighted by atomic mass is 9.99. The number of hydrogen-bond donors (Lipinski definition) is 4. The average Bonchev–Trinajstić information content (AvgIpc) is 2.89. The predicted octanol–water partition coefficient (Wildman–Crippen LogP) is 4.84. The van der Waals surface area contributed by atoms with Crippen molar-refractivity contribution in [3.8, 4) is 5.75 Å². The molecule has 3 atom stereocenters. The number of phenols is 1. The van der Waals surface area contributed by atoms with Crippen molar-refractivity contribution in [2.45, 2.75) is 57.9 Å². The topological polar surface area (TPSA) is 85.9 Å². The predicted molar refractivity (Wildman–Crippen MR) is 143 cm³/mol. The molecule has 0 bridgehead atoms. The first-order valence-corrected chi connectivity index (χ1v) is 13.2. The van der Waals surface area contributed by atoms with Gasteiger partial charge in [0, 0.05) is 37.1 Å². The molecule has 7 nitrogen and oxygen atoms in total. The summed E-state index contributed by atoms with van der Waals surface area (Å²) in [5.41, 5.74) is 1.96. The molecule has 0 spiro atoms. The molecule has 1 saturated heterocycles. The second-order valence-corrected chi connectivity index (χ2v) is 10.1. The number of rotatable bonds is 12. The average molecular weight is 537 g/mol. The highest BCUT2D eigenvalue weighted by Gasteiger charge is 2.43. The molecule has 0 aromatic heterocycles. The van der Waals surface area contributed by atoms with Gasteiger partial charge >= 0.3 is 6.18 Å². The minimum absolute atomic E-state index is 0.00451. The van der Waals surface area contributed by atoms with Crippen molar-refractivity contribution in [2.75, 3.05) is 43.1 Å². The lowest BCUT2D eigenvalue weighted by Gasteiger charge is -2.30. The number of carbonyl (C=O) groups excluding carboxylic acids is 1. The molecule has 0 unspecified atom stereocenters. The van der Waals surface area contributed by atoms with E-state index < -0.39 is 24.2 Å². The Kier molecular flexibility index (Phi) is 10.7. The maximum absolute atomic E-state index is 14.0. The van der Waals surface area contributed by atoms with Crippen LogP contribution in [0.3, 0.4) is 0 Å². The first-order valence-electron chi connectivity index (χ1n) is 13.2. The zero-order valence-electron chi connectivity index (χ0n) is 22.2. The maximum Gasteiger partial charge on any atom is 0.407 e. The van der Waals surface area contributed by atoms with Gasteiger partial charge in [0.05, 0.1) is 19.3 Å². The lowest BCUT2D eigenvalue weighted by molar-refractivity contribution is -0.161. The summed E-state index contributed by atoms with van der Waals surface area (Å²) in [6.45, 7) is 9.22. The molecule has 210 valence electrons. The second-order valence-electron chi connectivity index (χ2n) is 10.1. The van der Waals surface area contributed by atoms with E-state index in [1.54, 1.807) is 0 Å². The fourth-order valence-corrected chi connectivity index (χ4v) is 4.42. The Labute approximate surface area is 222 Å². The summed E-state index contributed by atoms with van der Waals surface area (Å²) in [6, 6.07) is 9.53. The fourth-order valence-electron chi connectivity index (χ4n) is 4.42. The Morgan fingerprint density at radius 1 is 1.05 bits per heavy atom. The number of nitrogens with one attached hydrogen (secondary N) is 3. The molecule has 2 aromatic carbocycles.